The number of nitrogens with two attached hydrogens (primary N) is 1. The highest BCUT2D eigenvalue weighted by Crippen LogP contribution is 2.32. The van der Waals surface area contributed by atoms with Gasteiger partial charge in [-0.2, -0.15) is 0 Å². The molecule has 0 atom stereocenters. The lowest BCUT2D eigenvalue weighted by molar-refractivity contribution is 0.416. The normalized spacial score (nSPS) is 10.3. The largest absolute Gasteiger partial charge is 0.495 e. The minimum atomic E-state index is -0.463. The van der Waals surface area contributed by atoms with Gasteiger partial charge in [0.1, 0.15) is 11.6 Å². The Morgan fingerprint density at radius 1 is 1.21 bits per heavy atom. The van der Waals surface area contributed by atoms with Gasteiger partial charge in [0, 0.05) is 12.1 Å². The van der Waals surface area contributed by atoms with Crippen molar-refractivity contribution >= 4 is 28.7 Å². The van der Waals surface area contributed by atoms with E-state index < -0.39 is 5.82 Å². The van der Waals surface area contributed by atoms with Crippen molar-refractivity contribution in [2.24, 2.45) is 0 Å². The maximum atomic E-state index is 13.8. The maximum absolute atomic E-state index is 13.8. The number of ether oxygens (including phenoxy) is 1. The molecule has 0 saturated heterocycles. The van der Waals surface area contributed by atoms with Crippen molar-refractivity contribution in [1.29, 1.82) is 0 Å². The van der Waals surface area contributed by atoms with E-state index >= 15 is 0 Å². The Morgan fingerprint density at radius 2 is 1.95 bits per heavy atom. The van der Waals surface area contributed by atoms with Gasteiger partial charge >= 0.3 is 0 Å². The maximum Gasteiger partial charge on any atom is 0.148 e. The zero-order valence-electron chi connectivity index (χ0n) is 10.6. The van der Waals surface area contributed by atoms with Crippen LogP contribution in [0, 0.1) is 12.7 Å². The zero-order valence-corrected chi connectivity index (χ0v) is 11.4. The van der Waals surface area contributed by atoms with Crippen LogP contribution in [0.4, 0.5) is 21.5 Å². The Hall–Kier alpha value is -1.94. The molecule has 0 spiro atoms. The molecule has 3 N–H and O–H groups in total. The number of methoxy groups -OCH3 is 1. The molecule has 0 aliphatic carbocycles. The highest BCUT2D eigenvalue weighted by Gasteiger charge is 2.10. The molecule has 0 aliphatic rings. The summed E-state index contributed by atoms with van der Waals surface area (Å²) in [6, 6.07) is 8.20. The van der Waals surface area contributed by atoms with E-state index in [1.807, 2.05) is 13.0 Å². The van der Waals surface area contributed by atoms with Crippen LogP contribution in [0.1, 0.15) is 5.56 Å². The van der Waals surface area contributed by atoms with Gasteiger partial charge in [0.05, 0.1) is 29.2 Å². The fourth-order valence-electron chi connectivity index (χ4n) is 1.71. The number of aryl methyl sites for hydroxylation is 1. The molecule has 0 amide bonds. The second kappa shape index (κ2) is 5.36. The lowest BCUT2D eigenvalue weighted by Crippen LogP contribution is -1.99. The van der Waals surface area contributed by atoms with E-state index in [-0.39, 0.29) is 11.4 Å². The Balaban J connectivity index is 2.37. The molecule has 3 nitrogen and oxygen atoms in total. The van der Waals surface area contributed by atoms with Gasteiger partial charge < -0.3 is 15.8 Å². The minimum Gasteiger partial charge on any atom is -0.495 e. The number of halogens is 2. The van der Waals surface area contributed by atoms with Crippen molar-refractivity contribution in [1.82, 2.24) is 0 Å². The van der Waals surface area contributed by atoms with Crippen molar-refractivity contribution < 1.29 is 9.13 Å². The first-order valence-corrected chi connectivity index (χ1v) is 6.05. The molecule has 19 heavy (non-hydrogen) atoms. The van der Waals surface area contributed by atoms with E-state index in [9.17, 15) is 4.39 Å². The van der Waals surface area contributed by atoms with E-state index in [1.54, 1.807) is 12.1 Å². The Labute approximate surface area is 116 Å². The summed E-state index contributed by atoms with van der Waals surface area (Å²) in [6.45, 7) is 1.93. The van der Waals surface area contributed by atoms with E-state index in [0.717, 1.165) is 5.56 Å². The summed E-state index contributed by atoms with van der Waals surface area (Å²) < 4.78 is 18.9. The van der Waals surface area contributed by atoms with Gasteiger partial charge in [-0.15, -0.1) is 0 Å². The van der Waals surface area contributed by atoms with Crippen LogP contribution in [0.2, 0.25) is 5.02 Å². The second-order valence-electron chi connectivity index (χ2n) is 4.18. The average Bonchev–Trinajstić information content (AvgIpc) is 2.35. The Kier molecular flexibility index (Phi) is 3.81. The van der Waals surface area contributed by atoms with E-state index in [0.29, 0.717) is 16.5 Å². The van der Waals surface area contributed by atoms with Crippen molar-refractivity contribution in [2.75, 3.05) is 18.2 Å². The summed E-state index contributed by atoms with van der Waals surface area (Å²) in [5, 5.41) is 3.45. The minimum absolute atomic E-state index is 0.251. The van der Waals surface area contributed by atoms with Crippen LogP contribution in [0.25, 0.3) is 0 Å². The van der Waals surface area contributed by atoms with Crippen molar-refractivity contribution in [3.8, 4) is 5.75 Å². The molecule has 0 heterocycles. The van der Waals surface area contributed by atoms with E-state index in [4.69, 9.17) is 22.1 Å². The molecule has 0 radical (unpaired) electrons. The van der Waals surface area contributed by atoms with Crippen LogP contribution < -0.4 is 15.8 Å². The fraction of sp³-hybridized carbons (Fsp3) is 0.143. The van der Waals surface area contributed by atoms with Crippen LogP contribution >= 0.6 is 11.6 Å². The molecule has 2 rings (SSSR count). The predicted octanol–water partition coefficient (Wildman–Crippen LogP) is 4.12. The number of rotatable bonds is 3. The number of nitrogen functional groups attached to an aromatic ring is 1. The van der Waals surface area contributed by atoms with Gasteiger partial charge in [-0.3, -0.25) is 0 Å². The molecule has 0 unspecified atom stereocenters. The van der Waals surface area contributed by atoms with Crippen LogP contribution in [0.5, 0.6) is 5.75 Å². The summed E-state index contributed by atoms with van der Waals surface area (Å²) in [4.78, 5) is 0. The third-order valence-corrected chi connectivity index (χ3v) is 3.03. The van der Waals surface area contributed by atoms with Crippen LogP contribution in [0.3, 0.4) is 0 Å². The van der Waals surface area contributed by atoms with Gasteiger partial charge in [-0.1, -0.05) is 17.7 Å². The molecule has 2 aromatic rings. The summed E-state index contributed by atoms with van der Waals surface area (Å²) in [5.41, 5.74) is 7.79. The SMILES string of the molecule is COc1cc(Nc2ccc(C)cc2Cl)c(F)cc1N. The van der Waals surface area contributed by atoms with Gasteiger partial charge in [0.25, 0.3) is 0 Å². The number of hydrogen-bond donors (Lipinski definition) is 2. The Bertz CT molecular complexity index is 617. The van der Waals surface area contributed by atoms with Crippen molar-refractivity contribution in [2.45, 2.75) is 6.92 Å². The highest BCUT2D eigenvalue weighted by molar-refractivity contribution is 6.33. The smallest absolute Gasteiger partial charge is 0.148 e. The van der Waals surface area contributed by atoms with Crippen LogP contribution in [0.15, 0.2) is 30.3 Å². The molecular weight excluding hydrogens is 267 g/mol. The van der Waals surface area contributed by atoms with Gasteiger partial charge in [0.2, 0.25) is 0 Å². The lowest BCUT2D eigenvalue weighted by Gasteiger charge is -2.12. The first kappa shape index (κ1) is 13.5. The third-order valence-electron chi connectivity index (χ3n) is 2.71. The van der Waals surface area contributed by atoms with Gasteiger partial charge in [-0.25, -0.2) is 4.39 Å². The summed E-state index contributed by atoms with van der Waals surface area (Å²) >= 11 is 6.10. The molecule has 0 bridgehead atoms. The summed E-state index contributed by atoms with van der Waals surface area (Å²) in [5.74, 6) is -0.0536. The van der Waals surface area contributed by atoms with Crippen LogP contribution in [-0.4, -0.2) is 7.11 Å². The predicted molar refractivity (Wildman–Crippen MR) is 76.8 cm³/mol. The topological polar surface area (TPSA) is 47.3 Å². The summed E-state index contributed by atoms with van der Waals surface area (Å²) in [7, 11) is 1.48. The molecule has 2 aromatic carbocycles. The first-order chi connectivity index (χ1) is 9.01. The number of nitrogens with one attached hydrogen (secondary N) is 1. The van der Waals surface area contributed by atoms with E-state index in [2.05, 4.69) is 5.32 Å². The number of hydrogen-bond acceptors (Lipinski definition) is 3. The average molecular weight is 281 g/mol. The van der Waals surface area contributed by atoms with Crippen molar-refractivity contribution in [3.05, 3.63) is 46.7 Å². The summed E-state index contributed by atoms with van der Waals surface area (Å²) in [6.07, 6.45) is 0. The second-order valence-corrected chi connectivity index (χ2v) is 4.59. The van der Waals surface area contributed by atoms with E-state index in [1.165, 1.54) is 19.2 Å². The fourth-order valence-corrected chi connectivity index (χ4v) is 1.99. The Morgan fingerprint density at radius 3 is 2.58 bits per heavy atom. The van der Waals surface area contributed by atoms with Crippen LogP contribution in [-0.2, 0) is 0 Å². The monoisotopic (exact) mass is 280 g/mol. The quantitative estimate of drug-likeness (QED) is 0.831. The molecular formula is C14H14ClFN2O. The lowest BCUT2D eigenvalue weighted by atomic mass is 10.2. The molecule has 0 fully saturated rings. The highest BCUT2D eigenvalue weighted by atomic mass is 35.5. The molecule has 0 aliphatic heterocycles. The van der Waals surface area contributed by atoms with Gasteiger partial charge in [-0.05, 0) is 24.6 Å². The first-order valence-electron chi connectivity index (χ1n) is 5.67. The van der Waals surface area contributed by atoms with Gasteiger partial charge in [0.15, 0.2) is 0 Å². The standard InChI is InChI=1S/C14H14ClFN2O/c1-8-3-4-12(9(15)5-8)18-13-7-14(19-2)11(17)6-10(13)16/h3-7,18H,17H2,1-2H3. The molecule has 5 heteroatoms. The van der Waals surface area contributed by atoms with Crippen molar-refractivity contribution in [3.63, 3.8) is 0 Å². The molecule has 0 saturated carbocycles. The third kappa shape index (κ3) is 2.90. The molecule has 0 aromatic heterocycles. The molecule has 100 valence electrons. The number of anilines is 3. The number of benzene rings is 2. The zero-order chi connectivity index (χ0) is 14.0.